The lowest BCUT2D eigenvalue weighted by Crippen LogP contribution is -2.04. The third-order valence-corrected chi connectivity index (χ3v) is 3.94. The summed E-state index contributed by atoms with van der Waals surface area (Å²) in [5, 5.41) is 3.28. The van der Waals surface area contributed by atoms with Crippen LogP contribution >= 0.6 is 0 Å². The summed E-state index contributed by atoms with van der Waals surface area (Å²) in [4.78, 5) is 11.3. The summed E-state index contributed by atoms with van der Waals surface area (Å²) in [5.74, 6) is 1.57. The summed E-state index contributed by atoms with van der Waals surface area (Å²) in [7, 11) is 1.63. The van der Waals surface area contributed by atoms with Crippen LogP contribution in [0.1, 0.15) is 18.4 Å². The van der Waals surface area contributed by atoms with E-state index >= 15 is 0 Å². The Morgan fingerprint density at radius 3 is 2.58 bits per heavy atom. The summed E-state index contributed by atoms with van der Waals surface area (Å²) in [5.41, 5.74) is 3.08. The Balaban J connectivity index is 1.65. The van der Waals surface area contributed by atoms with Crippen molar-refractivity contribution in [1.29, 1.82) is 0 Å². The molecule has 0 radical (unpaired) electrons. The lowest BCUT2D eigenvalue weighted by atomic mass is 10.2. The number of allylic oxidation sites excluding steroid dienone is 2. The van der Waals surface area contributed by atoms with Crippen LogP contribution in [0.5, 0.6) is 11.5 Å². The van der Waals surface area contributed by atoms with E-state index in [4.69, 9.17) is 9.47 Å². The largest absolute Gasteiger partial charge is 0.493 e. The van der Waals surface area contributed by atoms with Crippen LogP contribution in [0.25, 0.3) is 0 Å². The van der Waals surface area contributed by atoms with Crippen molar-refractivity contribution in [3.8, 4) is 11.5 Å². The lowest BCUT2D eigenvalue weighted by Gasteiger charge is -2.14. The van der Waals surface area contributed by atoms with Gasteiger partial charge in [-0.3, -0.25) is 4.79 Å². The van der Waals surface area contributed by atoms with Crippen LogP contribution in [-0.4, -0.2) is 19.5 Å². The van der Waals surface area contributed by atoms with E-state index in [2.05, 4.69) is 17.4 Å². The molecule has 0 aromatic heterocycles. The minimum atomic E-state index is 0.172. The molecule has 124 valence electrons. The third-order valence-electron chi connectivity index (χ3n) is 3.94. The number of methoxy groups -OCH3 is 1. The smallest absolute Gasteiger partial charge is 0.163 e. The molecule has 2 aromatic carbocycles. The molecular weight excluding hydrogens is 302 g/mol. The minimum Gasteiger partial charge on any atom is -0.493 e. The number of hydrogen-bond donors (Lipinski definition) is 1. The number of ether oxygens (including phenoxy) is 2. The van der Waals surface area contributed by atoms with Gasteiger partial charge in [0.2, 0.25) is 0 Å². The minimum absolute atomic E-state index is 0.172. The number of nitrogens with one attached hydrogen (secondary N) is 1. The number of hydrogen-bond acceptors (Lipinski definition) is 4. The van der Waals surface area contributed by atoms with Gasteiger partial charge in [-0.2, -0.15) is 0 Å². The molecule has 4 nitrogen and oxygen atoms in total. The molecule has 0 bridgehead atoms. The van der Waals surface area contributed by atoms with E-state index in [0.717, 1.165) is 24.2 Å². The third kappa shape index (κ3) is 4.16. The maximum atomic E-state index is 11.3. The van der Waals surface area contributed by atoms with E-state index in [1.165, 1.54) is 5.56 Å². The van der Waals surface area contributed by atoms with Gasteiger partial charge in [0.15, 0.2) is 17.3 Å². The van der Waals surface area contributed by atoms with Crippen LogP contribution in [0.2, 0.25) is 0 Å². The standard InChI is InChI=1S/C20H21NO3/c1-23-19-10-8-17(21-16-7-9-18(22)13-16)14-20(19)24-12-11-15-5-3-2-4-6-15/h2-6,8,10,13-14,21H,7,9,11-12H2,1H3. The van der Waals surface area contributed by atoms with E-state index in [9.17, 15) is 4.79 Å². The summed E-state index contributed by atoms with van der Waals surface area (Å²) in [6.07, 6.45) is 3.84. The van der Waals surface area contributed by atoms with Gasteiger partial charge in [-0.25, -0.2) is 0 Å². The molecule has 0 aliphatic heterocycles. The molecule has 3 rings (SSSR count). The fourth-order valence-corrected chi connectivity index (χ4v) is 2.67. The number of rotatable bonds is 7. The molecule has 0 heterocycles. The first-order valence-corrected chi connectivity index (χ1v) is 8.10. The fourth-order valence-electron chi connectivity index (χ4n) is 2.67. The highest BCUT2D eigenvalue weighted by Crippen LogP contribution is 2.31. The van der Waals surface area contributed by atoms with Crippen LogP contribution < -0.4 is 14.8 Å². The Hall–Kier alpha value is -2.75. The first-order chi connectivity index (χ1) is 11.7. The van der Waals surface area contributed by atoms with Crippen molar-refractivity contribution in [1.82, 2.24) is 0 Å². The fraction of sp³-hybridized carbons (Fsp3) is 0.250. The van der Waals surface area contributed by atoms with Gasteiger partial charge in [-0.1, -0.05) is 30.3 Å². The lowest BCUT2D eigenvalue weighted by molar-refractivity contribution is -0.114. The zero-order valence-electron chi connectivity index (χ0n) is 13.7. The van der Waals surface area contributed by atoms with Crippen molar-refractivity contribution in [2.45, 2.75) is 19.3 Å². The van der Waals surface area contributed by atoms with E-state index in [-0.39, 0.29) is 5.78 Å². The Kier molecular flexibility index (Phi) is 5.16. The van der Waals surface area contributed by atoms with Gasteiger partial charge in [0.25, 0.3) is 0 Å². The highest BCUT2D eigenvalue weighted by atomic mass is 16.5. The number of carbonyl (C=O) groups is 1. The summed E-state index contributed by atoms with van der Waals surface area (Å²) < 4.78 is 11.3. The number of anilines is 1. The van der Waals surface area contributed by atoms with Crippen molar-refractivity contribution in [2.24, 2.45) is 0 Å². The molecule has 1 aliphatic carbocycles. The zero-order chi connectivity index (χ0) is 16.8. The average molecular weight is 323 g/mol. The summed E-state index contributed by atoms with van der Waals surface area (Å²) >= 11 is 0. The summed E-state index contributed by atoms with van der Waals surface area (Å²) in [6.45, 7) is 0.574. The molecule has 0 spiro atoms. The first kappa shape index (κ1) is 16.1. The van der Waals surface area contributed by atoms with Crippen LogP contribution in [0.3, 0.4) is 0 Å². The SMILES string of the molecule is COc1ccc(NC2=CC(=O)CC2)cc1OCCc1ccccc1. The van der Waals surface area contributed by atoms with Gasteiger partial charge < -0.3 is 14.8 Å². The zero-order valence-corrected chi connectivity index (χ0v) is 13.7. The van der Waals surface area contributed by atoms with Crippen molar-refractivity contribution in [3.63, 3.8) is 0 Å². The normalized spacial score (nSPS) is 13.5. The average Bonchev–Trinajstić information content (AvgIpc) is 3.01. The Labute approximate surface area is 142 Å². The van der Waals surface area contributed by atoms with E-state index in [1.807, 2.05) is 36.4 Å². The molecule has 0 fully saturated rings. The van der Waals surface area contributed by atoms with Gasteiger partial charge in [0.05, 0.1) is 13.7 Å². The van der Waals surface area contributed by atoms with E-state index in [1.54, 1.807) is 13.2 Å². The van der Waals surface area contributed by atoms with Crippen molar-refractivity contribution >= 4 is 11.5 Å². The van der Waals surface area contributed by atoms with E-state index < -0.39 is 0 Å². The van der Waals surface area contributed by atoms with Gasteiger partial charge in [-0.15, -0.1) is 0 Å². The molecule has 0 atom stereocenters. The molecule has 2 aromatic rings. The molecule has 0 amide bonds. The molecule has 1 aliphatic rings. The Morgan fingerprint density at radius 2 is 1.88 bits per heavy atom. The topological polar surface area (TPSA) is 47.6 Å². The number of benzene rings is 2. The second-order valence-corrected chi connectivity index (χ2v) is 5.71. The Morgan fingerprint density at radius 1 is 1.04 bits per heavy atom. The van der Waals surface area contributed by atoms with Crippen molar-refractivity contribution in [3.05, 3.63) is 65.9 Å². The quantitative estimate of drug-likeness (QED) is 0.837. The molecule has 4 heteroatoms. The Bertz CT molecular complexity index is 738. The first-order valence-electron chi connectivity index (χ1n) is 8.10. The second-order valence-electron chi connectivity index (χ2n) is 5.71. The maximum Gasteiger partial charge on any atom is 0.163 e. The maximum absolute atomic E-state index is 11.3. The highest BCUT2D eigenvalue weighted by molar-refractivity contribution is 5.93. The van der Waals surface area contributed by atoms with Gasteiger partial charge in [0, 0.05) is 36.4 Å². The van der Waals surface area contributed by atoms with E-state index in [0.29, 0.717) is 24.5 Å². The molecule has 0 saturated heterocycles. The van der Waals surface area contributed by atoms with Crippen LogP contribution in [-0.2, 0) is 11.2 Å². The van der Waals surface area contributed by atoms with Crippen molar-refractivity contribution < 1.29 is 14.3 Å². The van der Waals surface area contributed by atoms with Crippen LogP contribution in [0.4, 0.5) is 5.69 Å². The predicted octanol–water partition coefficient (Wildman–Crippen LogP) is 3.98. The van der Waals surface area contributed by atoms with Crippen molar-refractivity contribution in [2.75, 3.05) is 19.0 Å². The van der Waals surface area contributed by atoms with Crippen LogP contribution in [0.15, 0.2) is 60.3 Å². The number of carbonyl (C=O) groups excluding carboxylic acids is 1. The molecule has 0 unspecified atom stereocenters. The number of ketones is 1. The summed E-state index contributed by atoms with van der Waals surface area (Å²) in [6, 6.07) is 15.9. The van der Waals surface area contributed by atoms with Gasteiger partial charge >= 0.3 is 0 Å². The highest BCUT2D eigenvalue weighted by Gasteiger charge is 2.13. The van der Waals surface area contributed by atoms with Gasteiger partial charge in [-0.05, 0) is 24.1 Å². The molecule has 1 N–H and O–H groups in total. The molecule has 0 saturated carbocycles. The monoisotopic (exact) mass is 323 g/mol. The predicted molar refractivity (Wildman–Crippen MR) is 94.6 cm³/mol. The second kappa shape index (κ2) is 7.68. The molecule has 24 heavy (non-hydrogen) atoms. The van der Waals surface area contributed by atoms with Gasteiger partial charge in [0.1, 0.15) is 0 Å². The van der Waals surface area contributed by atoms with Crippen LogP contribution in [0, 0.1) is 0 Å². The molecular formula is C20H21NO3.